The van der Waals surface area contributed by atoms with Crippen molar-refractivity contribution in [3.8, 4) is 11.5 Å². The van der Waals surface area contributed by atoms with Crippen molar-refractivity contribution in [2.45, 2.75) is 6.92 Å². The second-order valence-electron chi connectivity index (χ2n) is 7.86. The molecule has 0 radical (unpaired) electrons. The van der Waals surface area contributed by atoms with E-state index in [1.165, 1.54) is 44.3 Å². The number of carbonyl (C=O) groups is 5. The standard InChI is InChI=1S/C25H17N3O6/c1-13(29)26-14-3-6-16(7-4-14)34-17-8-10-19-21(12-17)25(33)28(24(19)32)15-5-9-18-20(11-15)23(31)27(2)22(18)30/h3-12H,1-2H3,(H,26,29). The Bertz CT molecular complexity index is 1430. The van der Waals surface area contributed by atoms with Crippen molar-refractivity contribution in [2.24, 2.45) is 0 Å². The molecule has 1 N–H and O–H groups in total. The molecule has 0 fully saturated rings. The third-order valence-electron chi connectivity index (χ3n) is 5.60. The Balaban J connectivity index is 1.41. The van der Waals surface area contributed by atoms with Crippen LogP contribution >= 0.6 is 0 Å². The molecule has 3 aromatic carbocycles. The fourth-order valence-corrected chi connectivity index (χ4v) is 3.95. The first-order chi connectivity index (χ1) is 16.2. The molecule has 0 spiro atoms. The zero-order valence-electron chi connectivity index (χ0n) is 18.1. The van der Waals surface area contributed by atoms with Crippen molar-refractivity contribution in [2.75, 3.05) is 17.3 Å². The van der Waals surface area contributed by atoms with E-state index in [0.717, 1.165) is 9.80 Å². The van der Waals surface area contributed by atoms with Gasteiger partial charge in [-0.25, -0.2) is 4.90 Å². The molecule has 9 nitrogen and oxygen atoms in total. The van der Waals surface area contributed by atoms with Crippen LogP contribution in [0, 0.1) is 0 Å². The number of benzene rings is 3. The minimum absolute atomic E-state index is 0.147. The number of fused-ring (bicyclic) bond motifs is 2. The van der Waals surface area contributed by atoms with Crippen LogP contribution in [-0.2, 0) is 4.79 Å². The Morgan fingerprint density at radius 3 is 1.97 bits per heavy atom. The number of nitrogens with zero attached hydrogens (tertiary/aromatic N) is 2. The van der Waals surface area contributed by atoms with Gasteiger partial charge in [-0.1, -0.05) is 0 Å². The highest BCUT2D eigenvalue weighted by atomic mass is 16.5. The molecular weight excluding hydrogens is 438 g/mol. The van der Waals surface area contributed by atoms with Crippen LogP contribution in [0.25, 0.3) is 0 Å². The SMILES string of the molecule is CC(=O)Nc1ccc(Oc2ccc3c(c2)C(=O)N(c2ccc4c(c2)C(=O)N(C)C4=O)C3=O)cc1. The lowest BCUT2D eigenvalue weighted by molar-refractivity contribution is -0.114. The number of nitrogens with one attached hydrogen (secondary N) is 1. The minimum Gasteiger partial charge on any atom is -0.457 e. The maximum atomic E-state index is 13.1. The van der Waals surface area contributed by atoms with E-state index in [1.54, 1.807) is 30.3 Å². The van der Waals surface area contributed by atoms with E-state index in [0.29, 0.717) is 17.2 Å². The van der Waals surface area contributed by atoms with Gasteiger partial charge in [0.2, 0.25) is 5.91 Å². The van der Waals surface area contributed by atoms with Gasteiger partial charge in [0.1, 0.15) is 11.5 Å². The Labute approximate surface area is 193 Å². The van der Waals surface area contributed by atoms with Crippen molar-refractivity contribution in [1.29, 1.82) is 0 Å². The van der Waals surface area contributed by atoms with Crippen LogP contribution in [0.15, 0.2) is 60.7 Å². The molecule has 0 saturated carbocycles. The fourth-order valence-electron chi connectivity index (χ4n) is 3.95. The smallest absolute Gasteiger partial charge is 0.266 e. The number of rotatable bonds is 4. The van der Waals surface area contributed by atoms with Crippen LogP contribution in [0.3, 0.4) is 0 Å². The third kappa shape index (κ3) is 3.30. The second-order valence-corrected chi connectivity index (χ2v) is 7.86. The number of amides is 5. The van der Waals surface area contributed by atoms with Crippen molar-refractivity contribution >= 4 is 40.9 Å². The van der Waals surface area contributed by atoms with Crippen LogP contribution < -0.4 is 15.0 Å². The van der Waals surface area contributed by atoms with Gasteiger partial charge in [0.05, 0.1) is 27.9 Å². The molecule has 0 bridgehead atoms. The lowest BCUT2D eigenvalue weighted by atomic mass is 10.1. The average molecular weight is 455 g/mol. The summed E-state index contributed by atoms with van der Waals surface area (Å²) in [5.74, 6) is -1.36. The Hall–Kier alpha value is -4.79. The van der Waals surface area contributed by atoms with Crippen LogP contribution in [0.2, 0.25) is 0 Å². The van der Waals surface area contributed by atoms with Gasteiger partial charge in [0.25, 0.3) is 23.6 Å². The van der Waals surface area contributed by atoms with Gasteiger partial charge < -0.3 is 10.1 Å². The topological polar surface area (TPSA) is 113 Å². The molecule has 0 saturated heterocycles. The number of hydrogen-bond donors (Lipinski definition) is 1. The number of imide groups is 2. The zero-order valence-corrected chi connectivity index (χ0v) is 18.1. The van der Waals surface area contributed by atoms with Crippen molar-refractivity contribution < 1.29 is 28.7 Å². The number of hydrogen-bond acceptors (Lipinski definition) is 6. The molecule has 2 heterocycles. The molecule has 2 aliphatic heterocycles. The van der Waals surface area contributed by atoms with Gasteiger partial charge in [0, 0.05) is 19.7 Å². The molecule has 5 rings (SSSR count). The van der Waals surface area contributed by atoms with Gasteiger partial charge in [-0.15, -0.1) is 0 Å². The third-order valence-corrected chi connectivity index (χ3v) is 5.60. The zero-order chi connectivity index (χ0) is 24.1. The molecule has 9 heteroatoms. The summed E-state index contributed by atoms with van der Waals surface area (Å²) in [6.45, 7) is 1.41. The van der Waals surface area contributed by atoms with Crippen molar-refractivity contribution in [1.82, 2.24) is 4.90 Å². The molecule has 2 aliphatic rings. The van der Waals surface area contributed by atoms with E-state index in [9.17, 15) is 24.0 Å². The summed E-state index contributed by atoms with van der Waals surface area (Å²) in [6, 6.07) is 15.5. The second kappa shape index (κ2) is 7.66. The summed E-state index contributed by atoms with van der Waals surface area (Å²) in [7, 11) is 1.38. The molecule has 0 unspecified atom stereocenters. The Morgan fingerprint density at radius 1 is 0.706 bits per heavy atom. The molecule has 5 amide bonds. The monoisotopic (exact) mass is 455 g/mol. The Kier molecular flexibility index (Phi) is 4.75. The summed E-state index contributed by atoms with van der Waals surface area (Å²) in [5, 5.41) is 2.66. The maximum absolute atomic E-state index is 13.1. The maximum Gasteiger partial charge on any atom is 0.266 e. The summed E-state index contributed by atoms with van der Waals surface area (Å²) >= 11 is 0. The van der Waals surface area contributed by atoms with E-state index in [2.05, 4.69) is 5.32 Å². The van der Waals surface area contributed by atoms with E-state index < -0.39 is 23.6 Å². The Morgan fingerprint density at radius 2 is 1.26 bits per heavy atom. The largest absolute Gasteiger partial charge is 0.457 e. The van der Waals surface area contributed by atoms with Crippen molar-refractivity contribution in [3.63, 3.8) is 0 Å². The molecule has 34 heavy (non-hydrogen) atoms. The van der Waals surface area contributed by atoms with Crippen LogP contribution in [0.1, 0.15) is 48.4 Å². The van der Waals surface area contributed by atoms with Crippen LogP contribution in [-0.4, -0.2) is 41.5 Å². The fraction of sp³-hybridized carbons (Fsp3) is 0.0800. The first-order valence-electron chi connectivity index (χ1n) is 10.3. The highest BCUT2D eigenvalue weighted by Crippen LogP contribution is 2.34. The molecule has 168 valence electrons. The lowest BCUT2D eigenvalue weighted by Gasteiger charge is -2.14. The molecule has 3 aromatic rings. The predicted octanol–water partition coefficient (Wildman–Crippen LogP) is 3.46. The molecule has 0 atom stereocenters. The first-order valence-corrected chi connectivity index (χ1v) is 10.3. The van der Waals surface area contributed by atoms with Crippen LogP contribution in [0.5, 0.6) is 11.5 Å². The summed E-state index contributed by atoms with van der Waals surface area (Å²) in [5.41, 5.74) is 1.57. The van der Waals surface area contributed by atoms with Gasteiger partial charge in [-0.2, -0.15) is 0 Å². The summed E-state index contributed by atoms with van der Waals surface area (Å²) in [4.78, 5) is 63.7. The van der Waals surface area contributed by atoms with Gasteiger partial charge in [-0.3, -0.25) is 28.9 Å². The average Bonchev–Trinajstić information content (AvgIpc) is 3.19. The quantitative estimate of drug-likeness (QED) is 0.603. The minimum atomic E-state index is -0.559. The summed E-state index contributed by atoms with van der Waals surface area (Å²) in [6.07, 6.45) is 0. The summed E-state index contributed by atoms with van der Waals surface area (Å²) < 4.78 is 5.80. The molecular formula is C25H17N3O6. The number of carbonyl (C=O) groups excluding carboxylic acids is 5. The highest BCUT2D eigenvalue weighted by molar-refractivity contribution is 6.35. The van der Waals surface area contributed by atoms with Gasteiger partial charge >= 0.3 is 0 Å². The van der Waals surface area contributed by atoms with E-state index in [-0.39, 0.29) is 33.8 Å². The van der Waals surface area contributed by atoms with E-state index in [4.69, 9.17) is 4.74 Å². The normalized spacial score (nSPS) is 14.4. The van der Waals surface area contributed by atoms with Gasteiger partial charge in [-0.05, 0) is 60.7 Å². The van der Waals surface area contributed by atoms with Crippen molar-refractivity contribution in [3.05, 3.63) is 82.9 Å². The van der Waals surface area contributed by atoms with Crippen LogP contribution in [0.4, 0.5) is 11.4 Å². The first kappa shape index (κ1) is 21.1. The van der Waals surface area contributed by atoms with E-state index in [1.807, 2.05) is 0 Å². The molecule has 0 aliphatic carbocycles. The lowest BCUT2D eigenvalue weighted by Crippen LogP contribution is -2.29. The predicted molar refractivity (Wildman–Crippen MR) is 121 cm³/mol. The van der Waals surface area contributed by atoms with Gasteiger partial charge in [0.15, 0.2) is 0 Å². The van der Waals surface area contributed by atoms with E-state index >= 15 is 0 Å². The number of ether oxygens (including phenoxy) is 1. The molecule has 0 aromatic heterocycles. The number of anilines is 2. The highest BCUT2D eigenvalue weighted by Gasteiger charge is 2.39.